The normalized spacial score (nSPS) is 22.7. The van der Waals surface area contributed by atoms with Gasteiger partial charge in [0.15, 0.2) is 0 Å². The highest BCUT2D eigenvalue weighted by Gasteiger charge is 2.49. The van der Waals surface area contributed by atoms with Gasteiger partial charge in [-0.2, -0.15) is 4.31 Å². The summed E-state index contributed by atoms with van der Waals surface area (Å²) in [4.78, 5) is 6.41. The molecule has 3 aromatic rings. The third-order valence-corrected chi connectivity index (χ3v) is 7.37. The van der Waals surface area contributed by atoms with Gasteiger partial charge in [-0.1, -0.05) is 36.4 Å². The SMILES string of the molecule is CN(Cc1cccc2ncccc12)C[C@]1(O)CN(S(=O)(=O)c2ccccc2)C[C@H]1O. The fourth-order valence-electron chi connectivity index (χ4n) is 4.04. The number of benzene rings is 2. The van der Waals surface area contributed by atoms with E-state index in [0.717, 1.165) is 20.8 Å². The Balaban J connectivity index is 1.50. The zero-order chi connectivity index (χ0) is 21.4. The van der Waals surface area contributed by atoms with Crippen LogP contribution < -0.4 is 0 Å². The fourth-order valence-corrected chi connectivity index (χ4v) is 5.57. The van der Waals surface area contributed by atoms with Crippen LogP contribution in [0.15, 0.2) is 71.8 Å². The predicted molar refractivity (Wildman–Crippen MR) is 114 cm³/mol. The van der Waals surface area contributed by atoms with Crippen molar-refractivity contribution in [3.8, 4) is 0 Å². The third kappa shape index (κ3) is 3.97. The van der Waals surface area contributed by atoms with Crippen LogP contribution >= 0.6 is 0 Å². The molecule has 7 nitrogen and oxygen atoms in total. The molecule has 2 aromatic carbocycles. The van der Waals surface area contributed by atoms with Crippen LogP contribution in [0.4, 0.5) is 0 Å². The third-order valence-electron chi connectivity index (χ3n) is 5.55. The zero-order valence-corrected chi connectivity index (χ0v) is 17.5. The average molecular weight is 428 g/mol. The van der Waals surface area contributed by atoms with E-state index in [4.69, 9.17) is 0 Å². The first-order valence-electron chi connectivity index (χ1n) is 9.76. The zero-order valence-electron chi connectivity index (χ0n) is 16.7. The molecule has 0 radical (unpaired) electrons. The van der Waals surface area contributed by atoms with E-state index in [2.05, 4.69) is 4.98 Å². The van der Waals surface area contributed by atoms with Crippen molar-refractivity contribution in [2.24, 2.45) is 0 Å². The van der Waals surface area contributed by atoms with Crippen LogP contribution in [0.25, 0.3) is 10.9 Å². The van der Waals surface area contributed by atoms with Gasteiger partial charge in [-0.15, -0.1) is 0 Å². The quantitative estimate of drug-likeness (QED) is 0.619. The molecule has 1 fully saturated rings. The lowest BCUT2D eigenvalue weighted by Crippen LogP contribution is -2.50. The summed E-state index contributed by atoms with van der Waals surface area (Å²) in [6.07, 6.45) is 0.572. The lowest BCUT2D eigenvalue weighted by molar-refractivity contribution is -0.0583. The molecule has 30 heavy (non-hydrogen) atoms. The van der Waals surface area contributed by atoms with Crippen LogP contribution in [0.5, 0.6) is 0 Å². The molecule has 8 heteroatoms. The highest BCUT2D eigenvalue weighted by Crippen LogP contribution is 2.29. The molecule has 158 valence electrons. The molecule has 0 saturated carbocycles. The van der Waals surface area contributed by atoms with Gasteiger partial charge in [-0.05, 0) is 36.9 Å². The van der Waals surface area contributed by atoms with Crippen LogP contribution in [-0.4, -0.2) is 71.2 Å². The Hall–Kier alpha value is -2.36. The number of hydrogen-bond donors (Lipinski definition) is 2. The Morgan fingerprint density at radius 2 is 1.90 bits per heavy atom. The van der Waals surface area contributed by atoms with Gasteiger partial charge < -0.3 is 10.2 Å². The summed E-state index contributed by atoms with van der Waals surface area (Å²) in [5.41, 5.74) is 0.385. The number of hydrogen-bond acceptors (Lipinski definition) is 6. The molecule has 2 atom stereocenters. The van der Waals surface area contributed by atoms with E-state index in [1.807, 2.05) is 42.3 Å². The van der Waals surface area contributed by atoms with Gasteiger partial charge in [0.1, 0.15) is 5.60 Å². The van der Waals surface area contributed by atoms with Gasteiger partial charge in [-0.25, -0.2) is 8.42 Å². The maximum Gasteiger partial charge on any atom is 0.243 e. The molecule has 1 aromatic heterocycles. The topological polar surface area (TPSA) is 94.0 Å². The first-order valence-corrected chi connectivity index (χ1v) is 11.2. The first-order chi connectivity index (χ1) is 14.3. The highest BCUT2D eigenvalue weighted by molar-refractivity contribution is 7.89. The molecular weight excluding hydrogens is 402 g/mol. The molecule has 4 rings (SSSR count). The number of aliphatic hydroxyl groups is 2. The number of fused-ring (bicyclic) bond motifs is 1. The number of nitrogens with zero attached hydrogens (tertiary/aromatic N) is 3. The number of aliphatic hydroxyl groups excluding tert-OH is 1. The summed E-state index contributed by atoms with van der Waals surface area (Å²) in [7, 11) is -1.94. The second kappa shape index (κ2) is 8.05. The van der Waals surface area contributed by atoms with Crippen LogP contribution in [0.2, 0.25) is 0 Å². The summed E-state index contributed by atoms with van der Waals surface area (Å²) in [6, 6.07) is 17.8. The van der Waals surface area contributed by atoms with Crippen LogP contribution in [0.3, 0.4) is 0 Å². The summed E-state index contributed by atoms with van der Waals surface area (Å²) < 4.78 is 26.9. The van der Waals surface area contributed by atoms with Gasteiger partial charge in [-0.3, -0.25) is 9.88 Å². The van der Waals surface area contributed by atoms with E-state index in [9.17, 15) is 18.6 Å². The Bertz CT molecular complexity index is 1130. The average Bonchev–Trinajstić information content (AvgIpc) is 3.03. The lowest BCUT2D eigenvalue weighted by atomic mass is 9.99. The van der Waals surface area contributed by atoms with Gasteiger partial charge in [0.05, 0.1) is 16.5 Å². The Labute approximate surface area is 176 Å². The van der Waals surface area contributed by atoms with Crippen molar-refractivity contribution < 1.29 is 18.6 Å². The molecule has 1 aliphatic heterocycles. The van der Waals surface area contributed by atoms with Gasteiger partial charge in [0.25, 0.3) is 0 Å². The molecule has 0 spiro atoms. The standard InChI is InChI=1S/C22H25N3O4S/c1-24(13-17-7-5-11-20-19(17)10-6-12-23-20)15-22(27)16-25(14-21(22)26)30(28,29)18-8-3-2-4-9-18/h2-12,21,26-27H,13-16H2,1H3/t21-,22+/m1/s1. The van der Waals surface area contributed by atoms with Crippen molar-refractivity contribution in [2.45, 2.75) is 23.1 Å². The number of β-amino-alcohol motifs (C(OH)–C–C–N with tert-alkyl or cyclic N) is 2. The van der Waals surface area contributed by atoms with Crippen molar-refractivity contribution in [1.82, 2.24) is 14.2 Å². The molecule has 2 heterocycles. The number of likely N-dealkylation sites (N-methyl/N-ethyl adjacent to an activating group) is 1. The summed E-state index contributed by atoms with van der Waals surface area (Å²) >= 11 is 0. The molecule has 1 aliphatic rings. The fraction of sp³-hybridized carbons (Fsp3) is 0.318. The van der Waals surface area contributed by atoms with E-state index < -0.39 is 21.7 Å². The molecule has 0 unspecified atom stereocenters. The minimum atomic E-state index is -3.78. The Morgan fingerprint density at radius 3 is 2.67 bits per heavy atom. The van der Waals surface area contributed by atoms with E-state index in [0.29, 0.717) is 6.54 Å². The van der Waals surface area contributed by atoms with Gasteiger partial charge in [0, 0.05) is 37.8 Å². The molecule has 0 aliphatic carbocycles. The van der Waals surface area contributed by atoms with Crippen molar-refractivity contribution in [3.05, 3.63) is 72.4 Å². The maximum absolute atomic E-state index is 12.9. The monoisotopic (exact) mass is 427 g/mol. The lowest BCUT2D eigenvalue weighted by Gasteiger charge is -2.31. The van der Waals surface area contributed by atoms with Gasteiger partial charge >= 0.3 is 0 Å². The number of rotatable bonds is 6. The van der Waals surface area contributed by atoms with Crippen LogP contribution in [0, 0.1) is 0 Å². The first kappa shape index (κ1) is 20.9. The smallest absolute Gasteiger partial charge is 0.243 e. The summed E-state index contributed by atoms with van der Waals surface area (Å²) in [6.45, 7) is 0.363. The van der Waals surface area contributed by atoms with E-state index in [1.165, 1.54) is 12.1 Å². The number of pyridine rings is 1. The van der Waals surface area contributed by atoms with Crippen molar-refractivity contribution >= 4 is 20.9 Å². The molecule has 2 N–H and O–H groups in total. The highest BCUT2D eigenvalue weighted by atomic mass is 32.2. The van der Waals surface area contributed by atoms with E-state index in [1.54, 1.807) is 24.4 Å². The largest absolute Gasteiger partial charge is 0.389 e. The van der Waals surface area contributed by atoms with Crippen molar-refractivity contribution in [3.63, 3.8) is 0 Å². The maximum atomic E-state index is 12.9. The number of aromatic nitrogens is 1. The summed E-state index contributed by atoms with van der Waals surface area (Å²) in [5, 5.41) is 22.6. The summed E-state index contributed by atoms with van der Waals surface area (Å²) in [5.74, 6) is 0. The van der Waals surface area contributed by atoms with E-state index in [-0.39, 0.29) is 24.5 Å². The van der Waals surface area contributed by atoms with Crippen LogP contribution in [0.1, 0.15) is 5.56 Å². The van der Waals surface area contributed by atoms with E-state index >= 15 is 0 Å². The molecule has 0 amide bonds. The van der Waals surface area contributed by atoms with Gasteiger partial charge in [0.2, 0.25) is 10.0 Å². The molecule has 1 saturated heterocycles. The van der Waals surface area contributed by atoms with Crippen LogP contribution in [-0.2, 0) is 16.6 Å². The predicted octanol–water partition coefficient (Wildman–Crippen LogP) is 1.46. The van der Waals surface area contributed by atoms with Crippen molar-refractivity contribution in [2.75, 3.05) is 26.7 Å². The second-order valence-electron chi connectivity index (χ2n) is 7.89. The molecule has 0 bridgehead atoms. The molecular formula is C22H25N3O4S. The second-order valence-corrected chi connectivity index (χ2v) is 9.83. The minimum absolute atomic E-state index is 0.131. The minimum Gasteiger partial charge on any atom is -0.389 e. The Morgan fingerprint density at radius 1 is 1.13 bits per heavy atom. The van der Waals surface area contributed by atoms with Crippen molar-refractivity contribution in [1.29, 1.82) is 0 Å². The Kier molecular flexibility index (Phi) is 5.61. The number of sulfonamides is 1.